The van der Waals surface area contributed by atoms with Crippen LogP contribution in [0.25, 0.3) is 11.2 Å². The molecule has 4 aliphatic rings. The fourth-order valence-electron chi connectivity index (χ4n) is 10.0. The maximum Gasteiger partial charge on any atom is 0.470 e. The molecular weight excluding hydrogens is 991 g/mol. The molecule has 25 nitrogen and oxygen atoms in total. The number of fused-ring (bicyclic) bond motifs is 5. The van der Waals surface area contributed by atoms with Gasteiger partial charge < -0.3 is 60.0 Å². The Labute approximate surface area is 408 Å². The van der Waals surface area contributed by atoms with E-state index < -0.39 is 74.1 Å². The number of nitrogens with one attached hydrogen (secondary N) is 2. The van der Waals surface area contributed by atoms with Crippen LogP contribution in [0.15, 0.2) is 35.6 Å². The molecule has 2 aromatic heterocycles. The third kappa shape index (κ3) is 12.4. The van der Waals surface area contributed by atoms with E-state index in [-0.39, 0.29) is 35.3 Å². The van der Waals surface area contributed by atoms with Gasteiger partial charge in [-0.05, 0) is 70.6 Å². The predicted octanol–water partition coefficient (Wildman–Crippen LogP) is 1.95. The average Bonchev–Trinajstić information content (AvgIpc) is 3.80. The molecule has 2 aromatic carbocycles. The number of nitrogen functional groups attached to an aromatic ring is 1. The van der Waals surface area contributed by atoms with Crippen LogP contribution < -0.4 is 41.3 Å². The van der Waals surface area contributed by atoms with Crippen LogP contribution in [0, 0.1) is 0 Å². The summed E-state index contributed by atoms with van der Waals surface area (Å²) in [6.45, 7) is 8.36. The monoisotopic (exact) mass is 1050 g/mol. The quantitative estimate of drug-likeness (QED) is 0.0225. The number of carbonyl (C=O) groups excluding carboxylic acids is 1. The van der Waals surface area contributed by atoms with Crippen molar-refractivity contribution in [1.82, 2.24) is 29.4 Å². The van der Waals surface area contributed by atoms with Gasteiger partial charge in [-0.25, -0.2) is 42.1 Å². The van der Waals surface area contributed by atoms with E-state index >= 15 is 0 Å². The van der Waals surface area contributed by atoms with Crippen molar-refractivity contribution in [3.05, 3.63) is 52.4 Å². The van der Waals surface area contributed by atoms with E-state index in [1.807, 2.05) is 32.0 Å². The molecule has 1 saturated heterocycles. The van der Waals surface area contributed by atoms with Crippen LogP contribution in [0.5, 0.6) is 11.5 Å². The van der Waals surface area contributed by atoms with Crippen molar-refractivity contribution in [2.75, 3.05) is 61.0 Å². The molecule has 6 heterocycles. The van der Waals surface area contributed by atoms with Crippen molar-refractivity contribution in [2.45, 2.75) is 115 Å². The van der Waals surface area contributed by atoms with Gasteiger partial charge in [0.2, 0.25) is 17.2 Å². The van der Waals surface area contributed by atoms with Gasteiger partial charge in [-0.3, -0.25) is 18.4 Å². The number of aliphatic hydroxyl groups excluding tert-OH is 1. The van der Waals surface area contributed by atoms with E-state index in [9.17, 15) is 51.6 Å². The van der Waals surface area contributed by atoms with E-state index in [2.05, 4.69) is 52.6 Å². The second kappa shape index (κ2) is 21.0. The van der Waals surface area contributed by atoms with Gasteiger partial charge in [0.1, 0.15) is 48.8 Å². The van der Waals surface area contributed by atoms with E-state index in [1.165, 1.54) is 10.1 Å². The largest absolute Gasteiger partial charge is 0.748 e. The molecule has 388 valence electrons. The Morgan fingerprint density at radius 1 is 1.04 bits per heavy atom. The first kappa shape index (κ1) is 52.6. The SMILES string of the molecule is CC[N+]1=c2cc3c(cc2CCC1)=Nc1cc2c(cc1O3)N(CCCC(=O)NCCCCCCNc1nc3c(N)ncnc3n1[C@@H]1O[C@H](COP(=O)(O)O)[C@@H](O)[C@H]1OP(=O)(O)O)C(C)(C)CC2CS(=O)(=O)[O-]. The number of nitrogens with two attached hydrogens (primary N) is 1. The number of hydrogen-bond donors (Lipinski definition) is 8. The molecule has 0 aliphatic carbocycles. The van der Waals surface area contributed by atoms with Gasteiger partial charge in [-0.2, -0.15) is 0 Å². The maximum atomic E-state index is 13.1. The van der Waals surface area contributed by atoms with Crippen LogP contribution in [-0.4, -0.2) is 132 Å². The van der Waals surface area contributed by atoms with Crippen LogP contribution in [0.1, 0.15) is 95.4 Å². The standard InChI is InChI=1S/C43H60N10O15P2S/c1-4-51-15-9-11-25-17-28-32(19-30(25)51)66-33-20-31-27(18-29(33)49-28)26(23-71(62,63)64)21-43(2,3)52(31)16-10-12-35(54)45-13-7-5-6-8-14-46-42-50-36-39(44)47-24-48-40(36)53(42)41-38(68-70(59,60)61)37(55)34(67-41)22-65-69(56,57)58/h17-20,24,26,34,37-38,41,44,49,55H,4-16,21-23H2,1-3H3,(H6,45,54,56,57,58,59,60,61,62,63,64)/t26?,34-,37-,38-,41-/m1/s1. The normalized spacial score (nSPS) is 21.7. The summed E-state index contributed by atoms with van der Waals surface area (Å²) in [6.07, 6.45) is 0.355. The molecule has 4 aliphatic heterocycles. The van der Waals surface area contributed by atoms with E-state index in [1.54, 1.807) is 0 Å². The number of phosphoric ester groups is 2. The highest BCUT2D eigenvalue weighted by atomic mass is 32.2. The summed E-state index contributed by atoms with van der Waals surface area (Å²) in [7, 11) is -14.8. The third-order valence-corrected chi connectivity index (χ3v) is 15.0. The van der Waals surface area contributed by atoms with Crippen LogP contribution in [-0.2, 0) is 44.2 Å². The lowest BCUT2D eigenvalue weighted by Gasteiger charge is -2.48. The Hall–Kier alpha value is -4.69. The second-order valence-electron chi connectivity index (χ2n) is 18.7. The Morgan fingerprint density at radius 3 is 2.52 bits per heavy atom. The topological polar surface area (TPSA) is 359 Å². The number of aryl methyl sites for hydroxylation is 1. The molecule has 8 rings (SSSR count). The van der Waals surface area contributed by atoms with Gasteiger partial charge in [-0.15, -0.1) is 0 Å². The first-order chi connectivity index (χ1) is 33.5. The zero-order valence-electron chi connectivity index (χ0n) is 39.4. The fourth-order valence-corrected chi connectivity index (χ4v) is 11.7. The molecule has 0 spiro atoms. The molecule has 0 saturated carbocycles. The zero-order chi connectivity index (χ0) is 51.0. The predicted molar refractivity (Wildman–Crippen MR) is 255 cm³/mol. The van der Waals surface area contributed by atoms with Gasteiger partial charge in [0.25, 0.3) is 0 Å². The summed E-state index contributed by atoms with van der Waals surface area (Å²) in [6, 6.07) is 7.85. The van der Waals surface area contributed by atoms with Gasteiger partial charge in [0.05, 0.1) is 22.8 Å². The highest BCUT2D eigenvalue weighted by molar-refractivity contribution is 7.85. The minimum atomic E-state index is -5.26. The lowest BCUT2D eigenvalue weighted by Crippen LogP contribution is -2.50. The molecule has 28 heteroatoms. The molecule has 4 aromatic rings. The van der Waals surface area contributed by atoms with Crippen LogP contribution in [0.3, 0.4) is 0 Å². The first-order valence-corrected chi connectivity index (χ1v) is 28.1. The number of benzene rings is 2. The number of imidazole rings is 1. The molecule has 1 unspecified atom stereocenters. The van der Waals surface area contributed by atoms with Crippen molar-refractivity contribution >= 4 is 66.0 Å². The number of carbonyl (C=O) groups is 1. The van der Waals surface area contributed by atoms with Crippen molar-refractivity contribution < 1.29 is 70.1 Å². The number of anilines is 3. The smallest absolute Gasteiger partial charge is 0.470 e. The molecule has 1 fully saturated rings. The number of aromatic nitrogens is 4. The summed E-state index contributed by atoms with van der Waals surface area (Å²) in [5.41, 5.74) is 8.86. The second-order valence-corrected chi connectivity index (χ2v) is 22.6. The van der Waals surface area contributed by atoms with Crippen LogP contribution in [0.4, 0.5) is 23.1 Å². The highest BCUT2D eigenvalue weighted by Crippen LogP contribution is 2.50. The van der Waals surface area contributed by atoms with E-state index in [0.29, 0.717) is 73.4 Å². The van der Waals surface area contributed by atoms with Crippen LogP contribution >= 0.6 is 15.6 Å². The van der Waals surface area contributed by atoms with Crippen molar-refractivity contribution in [1.29, 1.82) is 0 Å². The summed E-state index contributed by atoms with van der Waals surface area (Å²) >= 11 is 0. The lowest BCUT2D eigenvalue weighted by molar-refractivity contribution is -0.121. The average molecular weight is 1050 g/mol. The number of rotatable bonds is 21. The van der Waals surface area contributed by atoms with Gasteiger partial charge >= 0.3 is 15.6 Å². The number of aliphatic hydroxyl groups is 1. The third-order valence-electron chi connectivity index (χ3n) is 13.2. The van der Waals surface area contributed by atoms with Crippen LogP contribution in [0.2, 0.25) is 0 Å². The molecule has 5 atom stereocenters. The summed E-state index contributed by atoms with van der Waals surface area (Å²) in [5, 5.41) is 18.9. The van der Waals surface area contributed by atoms with Crippen molar-refractivity contribution in [3.8, 4) is 11.5 Å². The Balaban J connectivity index is 0.852. The zero-order valence-corrected chi connectivity index (χ0v) is 42.0. The fraction of sp³-hybridized carbons (Fsp3) is 0.581. The van der Waals surface area contributed by atoms with Gasteiger partial charge in [0.15, 0.2) is 34.7 Å². The highest BCUT2D eigenvalue weighted by Gasteiger charge is 2.50. The summed E-state index contributed by atoms with van der Waals surface area (Å²) < 4.78 is 85.2. The summed E-state index contributed by atoms with van der Waals surface area (Å²) in [5.74, 6) is -0.0303. The Bertz CT molecular complexity index is 3000. The Morgan fingerprint density at radius 2 is 1.80 bits per heavy atom. The van der Waals surface area contributed by atoms with Gasteiger partial charge in [-0.1, -0.05) is 12.8 Å². The van der Waals surface area contributed by atoms with Crippen molar-refractivity contribution in [2.24, 2.45) is 4.99 Å². The minimum Gasteiger partial charge on any atom is -0.748 e. The van der Waals surface area contributed by atoms with Gasteiger partial charge in [0, 0.05) is 67.0 Å². The number of hydrogen-bond acceptors (Lipinski definition) is 18. The number of ether oxygens (including phenoxy) is 2. The molecule has 0 radical (unpaired) electrons. The number of unbranched alkanes of at least 4 members (excludes halogenated alkanes) is 3. The van der Waals surface area contributed by atoms with E-state index in [0.717, 1.165) is 56.1 Å². The summed E-state index contributed by atoms with van der Waals surface area (Å²) in [4.78, 5) is 70.5. The lowest BCUT2D eigenvalue weighted by atomic mass is 9.79. The maximum absolute atomic E-state index is 13.1. The Kier molecular flexibility index (Phi) is 15.6. The minimum absolute atomic E-state index is 0.0327. The molecular formula is C43H60N10O15P2S. The molecule has 1 amide bonds. The number of phosphoric acid groups is 2. The molecule has 9 N–H and O–H groups in total. The molecule has 71 heavy (non-hydrogen) atoms. The van der Waals surface area contributed by atoms with Crippen molar-refractivity contribution in [3.63, 3.8) is 0 Å². The first-order valence-electron chi connectivity index (χ1n) is 23.5. The van der Waals surface area contributed by atoms with E-state index in [4.69, 9.17) is 24.7 Å². The molecule has 0 bridgehead atoms. The number of amides is 1. The number of nitrogens with zero attached hydrogens (tertiary/aromatic N) is 7.